The van der Waals surface area contributed by atoms with Crippen LogP contribution in [0.1, 0.15) is 36.9 Å². The van der Waals surface area contributed by atoms with Crippen molar-refractivity contribution in [2.45, 2.75) is 27.2 Å². The highest BCUT2D eigenvalue weighted by Crippen LogP contribution is 2.33. The van der Waals surface area contributed by atoms with E-state index in [1.807, 2.05) is 13.0 Å². The Morgan fingerprint density at radius 3 is 2.55 bits per heavy atom. The molecule has 2 N–H and O–H groups in total. The molecule has 0 aliphatic carbocycles. The number of nitrogen functional groups attached to an aromatic ring is 1. The van der Waals surface area contributed by atoms with Crippen LogP contribution in [0.5, 0.6) is 0 Å². The van der Waals surface area contributed by atoms with E-state index in [1.165, 1.54) is 6.54 Å². The molecule has 0 saturated carbocycles. The Labute approximate surface area is 125 Å². The Morgan fingerprint density at radius 1 is 1.35 bits per heavy atom. The molecule has 0 amide bonds. The van der Waals surface area contributed by atoms with Crippen molar-refractivity contribution in [3.05, 3.63) is 10.9 Å². The summed E-state index contributed by atoms with van der Waals surface area (Å²) in [5, 5.41) is 1.14. The molecule has 0 atom stereocenters. The summed E-state index contributed by atoms with van der Waals surface area (Å²) in [6.45, 7) is 11.8. The maximum Gasteiger partial charge on any atom is 0.174 e. The van der Waals surface area contributed by atoms with Crippen LogP contribution in [0, 0.1) is 5.92 Å². The molecule has 1 aliphatic rings. The monoisotopic (exact) mass is 295 g/mol. The molecule has 1 aliphatic heterocycles. The smallest absolute Gasteiger partial charge is 0.174 e. The summed E-state index contributed by atoms with van der Waals surface area (Å²) in [6.07, 6.45) is 0.520. The average Bonchev–Trinajstić information content (AvgIpc) is 2.80. The summed E-state index contributed by atoms with van der Waals surface area (Å²) in [6, 6.07) is 1.96. The molecule has 4 nitrogen and oxygen atoms in total. The van der Waals surface area contributed by atoms with Crippen LogP contribution in [-0.2, 0) is 0 Å². The van der Waals surface area contributed by atoms with E-state index in [2.05, 4.69) is 23.6 Å². The van der Waals surface area contributed by atoms with E-state index >= 15 is 0 Å². The molecule has 2 rings (SSSR count). The Balaban J connectivity index is 1.99. The van der Waals surface area contributed by atoms with Crippen LogP contribution in [0.25, 0.3) is 0 Å². The minimum atomic E-state index is 0.150. The van der Waals surface area contributed by atoms with Gasteiger partial charge in [0.25, 0.3) is 0 Å². The van der Waals surface area contributed by atoms with Crippen molar-refractivity contribution in [3.8, 4) is 0 Å². The fourth-order valence-electron chi connectivity index (χ4n) is 2.59. The first-order valence-electron chi connectivity index (χ1n) is 7.41. The molecule has 0 unspecified atom stereocenters. The number of rotatable bonds is 5. The van der Waals surface area contributed by atoms with Crippen LogP contribution >= 0.6 is 11.3 Å². The molecule has 0 radical (unpaired) electrons. The van der Waals surface area contributed by atoms with Gasteiger partial charge in [0.15, 0.2) is 5.78 Å². The summed E-state index contributed by atoms with van der Waals surface area (Å²) >= 11 is 1.55. The molecular weight excluding hydrogens is 270 g/mol. The predicted molar refractivity (Wildman–Crippen MR) is 86.8 cm³/mol. The summed E-state index contributed by atoms with van der Waals surface area (Å²) in [5.41, 5.74) is 6.61. The van der Waals surface area contributed by atoms with Gasteiger partial charge in [-0.3, -0.25) is 9.69 Å². The SMILES string of the molecule is CCC(=O)c1sc(N2CCN(CC(C)C)CC2)cc1N. The first-order valence-corrected chi connectivity index (χ1v) is 8.22. The van der Waals surface area contributed by atoms with Crippen LogP contribution < -0.4 is 10.6 Å². The number of piperazine rings is 1. The van der Waals surface area contributed by atoms with Crippen LogP contribution in [0.15, 0.2) is 6.07 Å². The molecule has 1 fully saturated rings. The first-order chi connectivity index (χ1) is 9.51. The predicted octanol–water partition coefficient (Wildman–Crippen LogP) is 2.70. The highest BCUT2D eigenvalue weighted by Gasteiger charge is 2.21. The molecule has 112 valence electrons. The lowest BCUT2D eigenvalue weighted by Gasteiger charge is -2.36. The van der Waals surface area contributed by atoms with E-state index in [0.717, 1.165) is 36.1 Å². The van der Waals surface area contributed by atoms with Crippen LogP contribution in [0.2, 0.25) is 0 Å². The third-order valence-corrected chi connectivity index (χ3v) is 4.88. The van der Waals surface area contributed by atoms with Gasteiger partial charge < -0.3 is 10.6 Å². The highest BCUT2D eigenvalue weighted by atomic mass is 32.1. The van der Waals surface area contributed by atoms with Gasteiger partial charge in [0.2, 0.25) is 0 Å². The molecule has 0 aromatic carbocycles. The molecule has 20 heavy (non-hydrogen) atoms. The van der Waals surface area contributed by atoms with Crippen molar-refractivity contribution < 1.29 is 4.79 Å². The lowest BCUT2D eigenvalue weighted by Crippen LogP contribution is -2.47. The Bertz CT molecular complexity index is 462. The van der Waals surface area contributed by atoms with Gasteiger partial charge in [-0.2, -0.15) is 0 Å². The highest BCUT2D eigenvalue weighted by molar-refractivity contribution is 7.18. The van der Waals surface area contributed by atoms with Gasteiger partial charge in [-0.1, -0.05) is 20.8 Å². The number of nitrogens with zero attached hydrogens (tertiary/aromatic N) is 2. The molecule has 2 heterocycles. The fraction of sp³-hybridized carbons (Fsp3) is 0.667. The second-order valence-electron chi connectivity index (χ2n) is 5.83. The maximum atomic E-state index is 11.8. The summed E-state index contributed by atoms with van der Waals surface area (Å²) in [5.74, 6) is 0.866. The number of carbonyl (C=O) groups is 1. The van der Waals surface area contributed by atoms with Crippen molar-refractivity contribution in [2.75, 3.05) is 43.4 Å². The molecule has 5 heteroatoms. The first kappa shape index (κ1) is 15.3. The molecular formula is C15H25N3OS. The largest absolute Gasteiger partial charge is 0.397 e. The second kappa shape index (κ2) is 6.59. The maximum absolute atomic E-state index is 11.8. The number of ketones is 1. The zero-order valence-corrected chi connectivity index (χ0v) is 13.5. The zero-order chi connectivity index (χ0) is 14.7. The number of carbonyl (C=O) groups excluding carboxylic acids is 1. The van der Waals surface area contributed by atoms with Crippen LogP contribution in [0.3, 0.4) is 0 Å². The summed E-state index contributed by atoms with van der Waals surface area (Å²) in [4.78, 5) is 17.4. The van der Waals surface area contributed by atoms with Crippen molar-refractivity contribution in [1.29, 1.82) is 0 Å². The van der Waals surface area contributed by atoms with Crippen molar-refractivity contribution in [1.82, 2.24) is 4.90 Å². The molecule has 1 saturated heterocycles. The Morgan fingerprint density at radius 2 is 2.00 bits per heavy atom. The minimum Gasteiger partial charge on any atom is -0.397 e. The van der Waals surface area contributed by atoms with Crippen LogP contribution in [0.4, 0.5) is 10.7 Å². The zero-order valence-electron chi connectivity index (χ0n) is 12.7. The number of hydrogen-bond donors (Lipinski definition) is 1. The van der Waals surface area contributed by atoms with Crippen molar-refractivity contribution in [2.24, 2.45) is 5.92 Å². The van der Waals surface area contributed by atoms with Crippen molar-refractivity contribution in [3.63, 3.8) is 0 Å². The standard InChI is InChI=1S/C15H25N3OS/c1-4-13(19)15-12(16)9-14(20-15)18-7-5-17(6-8-18)10-11(2)3/h9,11H,4-8,10,16H2,1-3H3. The number of nitrogens with two attached hydrogens (primary N) is 1. The number of anilines is 2. The van der Waals surface area contributed by atoms with E-state index in [-0.39, 0.29) is 5.78 Å². The van der Waals surface area contributed by atoms with E-state index in [0.29, 0.717) is 18.0 Å². The third kappa shape index (κ3) is 3.52. The molecule has 0 spiro atoms. The van der Waals surface area contributed by atoms with Gasteiger partial charge in [0.1, 0.15) is 0 Å². The fourth-order valence-corrected chi connectivity index (χ4v) is 3.73. The van der Waals surface area contributed by atoms with E-state index < -0.39 is 0 Å². The van der Waals surface area contributed by atoms with Gasteiger partial charge in [0.05, 0.1) is 15.6 Å². The number of hydrogen-bond acceptors (Lipinski definition) is 5. The molecule has 1 aromatic heterocycles. The van der Waals surface area contributed by atoms with E-state index in [4.69, 9.17) is 5.73 Å². The van der Waals surface area contributed by atoms with Gasteiger partial charge >= 0.3 is 0 Å². The van der Waals surface area contributed by atoms with Gasteiger partial charge in [0, 0.05) is 39.1 Å². The van der Waals surface area contributed by atoms with Crippen molar-refractivity contribution >= 4 is 27.8 Å². The minimum absolute atomic E-state index is 0.150. The lowest BCUT2D eigenvalue weighted by molar-refractivity contribution is 0.0993. The number of thiophene rings is 1. The Hall–Kier alpha value is -1.07. The molecule has 1 aromatic rings. The van der Waals surface area contributed by atoms with E-state index in [1.54, 1.807) is 11.3 Å². The van der Waals surface area contributed by atoms with Gasteiger partial charge in [-0.25, -0.2) is 0 Å². The molecule has 0 bridgehead atoms. The van der Waals surface area contributed by atoms with Crippen LogP contribution in [-0.4, -0.2) is 43.4 Å². The summed E-state index contributed by atoms with van der Waals surface area (Å²) < 4.78 is 0. The van der Waals surface area contributed by atoms with Gasteiger partial charge in [-0.05, 0) is 12.0 Å². The number of Topliss-reactive ketones (excluding diaryl/α,β-unsaturated/α-hetero) is 1. The quantitative estimate of drug-likeness (QED) is 0.849. The Kier molecular flexibility index (Phi) is 5.05. The van der Waals surface area contributed by atoms with Gasteiger partial charge in [-0.15, -0.1) is 11.3 Å². The average molecular weight is 295 g/mol. The van der Waals surface area contributed by atoms with E-state index in [9.17, 15) is 4.79 Å². The summed E-state index contributed by atoms with van der Waals surface area (Å²) in [7, 11) is 0. The second-order valence-corrected chi connectivity index (χ2v) is 6.86. The normalized spacial score (nSPS) is 16.9. The topological polar surface area (TPSA) is 49.6 Å². The lowest BCUT2D eigenvalue weighted by atomic mass is 10.2. The third-order valence-electron chi connectivity index (χ3n) is 3.63.